The third-order valence-corrected chi connectivity index (χ3v) is 4.92. The van der Waals surface area contributed by atoms with Crippen molar-refractivity contribution in [1.29, 1.82) is 0 Å². The fraction of sp³-hybridized carbons (Fsp3) is 0.211. The first-order valence-corrected chi connectivity index (χ1v) is 9.16. The first-order chi connectivity index (χ1) is 12.5. The second-order valence-electron chi connectivity index (χ2n) is 6.01. The highest BCUT2D eigenvalue weighted by Crippen LogP contribution is 2.22. The molecule has 134 valence electrons. The molecule has 0 bridgehead atoms. The number of hydrogen-bond acceptors (Lipinski definition) is 5. The lowest BCUT2D eigenvalue weighted by atomic mass is 10.2. The van der Waals surface area contributed by atoms with Gasteiger partial charge in [-0.15, -0.1) is 0 Å². The Balaban J connectivity index is 1.53. The van der Waals surface area contributed by atoms with Gasteiger partial charge in [0.05, 0.1) is 23.0 Å². The summed E-state index contributed by atoms with van der Waals surface area (Å²) in [7, 11) is 5.93. The second-order valence-corrected chi connectivity index (χ2v) is 6.95. The molecule has 26 heavy (non-hydrogen) atoms. The number of aromatic nitrogens is 2. The summed E-state index contributed by atoms with van der Waals surface area (Å²) < 4.78 is 1.99. The van der Waals surface area contributed by atoms with Gasteiger partial charge in [-0.25, -0.2) is 10.4 Å². The minimum atomic E-state index is -0.164. The van der Waals surface area contributed by atoms with Crippen LogP contribution in [0.3, 0.4) is 0 Å². The number of hydrazone groups is 1. The topological polar surface area (TPSA) is 62.5 Å². The van der Waals surface area contributed by atoms with Gasteiger partial charge in [0.2, 0.25) is 0 Å². The molecule has 0 saturated heterocycles. The predicted octanol–water partition coefficient (Wildman–Crippen LogP) is 2.88. The standard InChI is InChI=1S/C19H21N5OS/c1-23(2)15-10-8-14(9-11-15)12-20-22-18(25)13-26-19-21-16-6-4-5-7-17(16)24(19)3/h4-12H,13H2,1-3H3,(H,22,25)/b20-12-. The van der Waals surface area contributed by atoms with Crippen LogP contribution in [0.2, 0.25) is 0 Å². The predicted molar refractivity (Wildman–Crippen MR) is 108 cm³/mol. The molecule has 0 spiro atoms. The van der Waals surface area contributed by atoms with E-state index in [2.05, 4.69) is 15.5 Å². The van der Waals surface area contributed by atoms with Gasteiger partial charge in [-0.05, 0) is 29.8 Å². The molecule has 1 N–H and O–H groups in total. The Morgan fingerprint density at radius 1 is 1.23 bits per heavy atom. The van der Waals surface area contributed by atoms with Gasteiger partial charge in [0, 0.05) is 26.8 Å². The van der Waals surface area contributed by atoms with Crippen LogP contribution in [0.1, 0.15) is 5.56 Å². The molecule has 0 aliphatic heterocycles. The van der Waals surface area contributed by atoms with Gasteiger partial charge in [0.15, 0.2) is 5.16 Å². The molecule has 7 heteroatoms. The number of nitrogens with one attached hydrogen (secondary N) is 1. The number of para-hydroxylation sites is 2. The summed E-state index contributed by atoms with van der Waals surface area (Å²) in [5.74, 6) is 0.0943. The Morgan fingerprint density at radius 3 is 2.65 bits per heavy atom. The molecule has 0 unspecified atom stereocenters. The van der Waals surface area contributed by atoms with E-state index in [1.165, 1.54) is 11.8 Å². The number of aryl methyl sites for hydroxylation is 1. The number of thioether (sulfide) groups is 1. The van der Waals surface area contributed by atoms with Crippen molar-refractivity contribution in [3.8, 4) is 0 Å². The van der Waals surface area contributed by atoms with Crippen LogP contribution in [-0.4, -0.2) is 41.5 Å². The quantitative estimate of drug-likeness (QED) is 0.413. The molecule has 0 saturated carbocycles. The highest BCUT2D eigenvalue weighted by atomic mass is 32.2. The van der Waals surface area contributed by atoms with Crippen LogP contribution in [-0.2, 0) is 11.8 Å². The highest BCUT2D eigenvalue weighted by Gasteiger charge is 2.09. The van der Waals surface area contributed by atoms with E-state index in [1.807, 2.05) is 79.1 Å². The van der Waals surface area contributed by atoms with E-state index >= 15 is 0 Å². The Kier molecular flexibility index (Phi) is 5.58. The number of amides is 1. The molecule has 0 fully saturated rings. The normalized spacial score (nSPS) is 11.2. The Hall–Kier alpha value is -2.80. The van der Waals surface area contributed by atoms with Crippen LogP contribution in [0.4, 0.5) is 5.69 Å². The van der Waals surface area contributed by atoms with Crippen LogP contribution in [0.5, 0.6) is 0 Å². The number of benzene rings is 2. The molecular weight excluding hydrogens is 346 g/mol. The van der Waals surface area contributed by atoms with Gasteiger partial charge in [-0.2, -0.15) is 5.10 Å². The largest absolute Gasteiger partial charge is 0.378 e. The summed E-state index contributed by atoms with van der Waals surface area (Å²) in [5, 5.41) is 4.82. The van der Waals surface area contributed by atoms with E-state index in [0.717, 1.165) is 27.4 Å². The number of rotatable bonds is 6. The zero-order chi connectivity index (χ0) is 18.5. The van der Waals surface area contributed by atoms with Crippen molar-refractivity contribution in [1.82, 2.24) is 15.0 Å². The first kappa shape index (κ1) is 18.0. The van der Waals surface area contributed by atoms with E-state index in [1.54, 1.807) is 6.21 Å². The van der Waals surface area contributed by atoms with Crippen molar-refractivity contribution < 1.29 is 4.79 Å². The van der Waals surface area contributed by atoms with Gasteiger partial charge in [-0.1, -0.05) is 36.0 Å². The molecule has 0 aliphatic carbocycles. The number of nitrogens with zero attached hydrogens (tertiary/aromatic N) is 4. The van der Waals surface area contributed by atoms with Crippen LogP contribution >= 0.6 is 11.8 Å². The molecule has 1 heterocycles. The van der Waals surface area contributed by atoms with Crippen molar-refractivity contribution in [2.75, 3.05) is 24.7 Å². The number of hydrogen-bond donors (Lipinski definition) is 1. The van der Waals surface area contributed by atoms with Gasteiger partial charge in [0.25, 0.3) is 5.91 Å². The van der Waals surface area contributed by atoms with Crippen molar-refractivity contribution in [2.45, 2.75) is 5.16 Å². The van der Waals surface area contributed by atoms with Crippen LogP contribution in [0, 0.1) is 0 Å². The molecule has 0 aliphatic rings. The Labute approximate surface area is 156 Å². The second kappa shape index (κ2) is 8.05. The summed E-state index contributed by atoms with van der Waals surface area (Å²) in [6.45, 7) is 0. The number of fused-ring (bicyclic) bond motifs is 1. The number of carbonyl (C=O) groups excluding carboxylic acids is 1. The molecule has 3 rings (SSSR count). The van der Waals surface area contributed by atoms with E-state index in [4.69, 9.17) is 0 Å². The van der Waals surface area contributed by atoms with Crippen LogP contribution in [0.15, 0.2) is 58.8 Å². The fourth-order valence-electron chi connectivity index (χ4n) is 2.45. The smallest absolute Gasteiger partial charge is 0.250 e. The maximum absolute atomic E-state index is 12.0. The highest BCUT2D eigenvalue weighted by molar-refractivity contribution is 7.99. The number of imidazole rings is 1. The number of anilines is 1. The van der Waals surface area contributed by atoms with Crippen molar-refractivity contribution in [3.63, 3.8) is 0 Å². The molecule has 1 amide bonds. The summed E-state index contributed by atoms with van der Waals surface area (Å²) >= 11 is 1.39. The third kappa shape index (κ3) is 4.23. The van der Waals surface area contributed by atoms with E-state index in [0.29, 0.717) is 0 Å². The third-order valence-electron chi connectivity index (χ3n) is 3.89. The lowest BCUT2D eigenvalue weighted by Gasteiger charge is -2.11. The van der Waals surface area contributed by atoms with E-state index in [-0.39, 0.29) is 11.7 Å². The minimum absolute atomic E-state index is 0.164. The fourth-order valence-corrected chi connectivity index (χ4v) is 3.23. The molecule has 0 atom stereocenters. The lowest BCUT2D eigenvalue weighted by molar-refractivity contribution is -0.118. The van der Waals surface area contributed by atoms with E-state index < -0.39 is 0 Å². The Morgan fingerprint density at radius 2 is 1.96 bits per heavy atom. The maximum atomic E-state index is 12.0. The molecular formula is C19H21N5OS. The maximum Gasteiger partial charge on any atom is 0.250 e. The zero-order valence-corrected chi connectivity index (χ0v) is 15.8. The van der Waals surface area contributed by atoms with Crippen molar-refractivity contribution >= 4 is 40.6 Å². The van der Waals surface area contributed by atoms with Crippen LogP contribution in [0.25, 0.3) is 11.0 Å². The summed E-state index contributed by atoms with van der Waals surface area (Å²) in [4.78, 5) is 18.6. The van der Waals surface area contributed by atoms with Gasteiger partial charge >= 0.3 is 0 Å². The summed E-state index contributed by atoms with van der Waals surface area (Å²) in [6, 6.07) is 15.8. The number of carbonyl (C=O) groups is 1. The minimum Gasteiger partial charge on any atom is -0.378 e. The molecule has 2 aromatic carbocycles. The average molecular weight is 367 g/mol. The van der Waals surface area contributed by atoms with Gasteiger partial charge in [-0.3, -0.25) is 4.79 Å². The molecule has 3 aromatic rings. The van der Waals surface area contributed by atoms with E-state index in [9.17, 15) is 4.79 Å². The van der Waals surface area contributed by atoms with Gasteiger partial charge in [0.1, 0.15) is 0 Å². The average Bonchev–Trinajstić information content (AvgIpc) is 2.97. The SMILES string of the molecule is CN(C)c1ccc(/C=N\NC(=O)CSc2nc3ccccc3n2C)cc1. The van der Waals surface area contributed by atoms with Crippen molar-refractivity contribution in [2.24, 2.45) is 12.1 Å². The lowest BCUT2D eigenvalue weighted by Crippen LogP contribution is -2.19. The van der Waals surface area contributed by atoms with Gasteiger partial charge < -0.3 is 9.47 Å². The molecule has 1 aromatic heterocycles. The monoisotopic (exact) mass is 367 g/mol. The summed E-state index contributed by atoms with van der Waals surface area (Å²) in [6.07, 6.45) is 1.64. The van der Waals surface area contributed by atoms with Crippen molar-refractivity contribution in [3.05, 3.63) is 54.1 Å². The zero-order valence-electron chi connectivity index (χ0n) is 15.0. The van der Waals surface area contributed by atoms with Crippen LogP contribution < -0.4 is 10.3 Å². The Bertz CT molecular complexity index is 931. The molecule has 0 radical (unpaired) electrons. The first-order valence-electron chi connectivity index (χ1n) is 8.18. The summed E-state index contributed by atoms with van der Waals surface area (Å²) in [5.41, 5.74) is 6.58. The molecule has 6 nitrogen and oxygen atoms in total.